The third kappa shape index (κ3) is 5.64. The molecule has 2 amide bonds. The lowest BCUT2D eigenvalue weighted by Crippen LogP contribution is -2.63. The molecule has 2 atom stereocenters. The maximum Gasteiger partial charge on any atom is 0.417 e. The van der Waals surface area contributed by atoms with Gasteiger partial charge in [-0.1, -0.05) is 11.6 Å². The van der Waals surface area contributed by atoms with Gasteiger partial charge in [-0.2, -0.15) is 18.3 Å². The maximum absolute atomic E-state index is 13.1. The summed E-state index contributed by atoms with van der Waals surface area (Å²) in [5.74, 6) is -0.327. The zero-order chi connectivity index (χ0) is 26.9. The smallest absolute Gasteiger partial charge is 0.379 e. The van der Waals surface area contributed by atoms with Crippen LogP contribution in [-0.4, -0.2) is 83.9 Å². The van der Waals surface area contributed by atoms with Crippen molar-refractivity contribution in [1.29, 1.82) is 0 Å². The van der Waals surface area contributed by atoms with Crippen molar-refractivity contribution in [1.82, 2.24) is 20.1 Å². The summed E-state index contributed by atoms with van der Waals surface area (Å²) in [6, 6.07) is -0.0425. The molecule has 4 heterocycles. The van der Waals surface area contributed by atoms with Crippen molar-refractivity contribution >= 4 is 40.6 Å². The number of piperazine rings is 1. The number of halogens is 4. The van der Waals surface area contributed by atoms with Crippen LogP contribution in [0.2, 0.25) is 5.02 Å². The van der Waals surface area contributed by atoms with E-state index in [1.807, 2.05) is 6.92 Å². The number of aromatic amines is 1. The molecule has 2 aliphatic heterocycles. The van der Waals surface area contributed by atoms with Gasteiger partial charge in [0, 0.05) is 32.4 Å². The highest BCUT2D eigenvalue weighted by molar-refractivity contribution is 6.32. The van der Waals surface area contributed by atoms with E-state index in [1.54, 1.807) is 9.80 Å². The van der Waals surface area contributed by atoms with E-state index >= 15 is 0 Å². The number of amides is 2. The van der Waals surface area contributed by atoms with Gasteiger partial charge in [-0.05, 0) is 13.0 Å². The average Bonchev–Trinajstić information content (AvgIpc) is 2.86. The Bertz CT molecular complexity index is 1240. The lowest BCUT2D eigenvalue weighted by Gasteiger charge is -2.46. The van der Waals surface area contributed by atoms with Gasteiger partial charge >= 0.3 is 6.18 Å². The lowest BCUT2D eigenvalue weighted by molar-refractivity contribution is -0.138. The normalized spacial score (nSPS) is 18.4. The number of carbonyl (C=O) groups excluding carboxylic acids is 2. The fraction of sp³-hybridized carbons (Fsp3) is 0.500. The largest absolute Gasteiger partial charge is 0.417 e. The van der Waals surface area contributed by atoms with Gasteiger partial charge in [0.05, 0.1) is 49.3 Å². The first-order valence-corrected chi connectivity index (χ1v) is 11.8. The van der Waals surface area contributed by atoms with Crippen LogP contribution in [0.5, 0.6) is 0 Å². The van der Waals surface area contributed by atoms with Gasteiger partial charge in [0.2, 0.25) is 5.91 Å². The van der Waals surface area contributed by atoms with E-state index < -0.39 is 29.2 Å². The number of carbonyl (C=O) groups is 2. The lowest BCUT2D eigenvalue weighted by atomic mass is 10.0. The number of aromatic nitrogens is 3. The molecule has 0 aliphatic carbocycles. The highest BCUT2D eigenvalue weighted by Gasteiger charge is 2.43. The molecule has 200 valence electrons. The number of hydrogen-bond donors (Lipinski definition) is 2. The average molecular weight is 544 g/mol. The summed E-state index contributed by atoms with van der Waals surface area (Å²) in [5, 5.41) is 8.90. The Labute approximate surface area is 214 Å². The number of nitrogens with one attached hydrogen (secondary N) is 2. The zero-order valence-corrected chi connectivity index (χ0v) is 20.8. The molecule has 2 aromatic heterocycles. The standard InChI is InChI=1S/C22H25ClF3N7O4/c1-12(29-14-9-28-30-20(35)18(14)23)11-37-6-3-17(34)32-4-5-33-16(10-32)21(36)31(2)15-7-13(22(24,25)26)8-27-19(15)33/h7-9,12,16H,3-6,10-11H2,1-2H3,(H2,29,30,35)/t12-,16+/m0/s1. The van der Waals surface area contributed by atoms with Crippen LogP contribution in [-0.2, 0) is 20.5 Å². The zero-order valence-electron chi connectivity index (χ0n) is 20.0. The first-order valence-electron chi connectivity index (χ1n) is 11.4. The molecule has 1 saturated heterocycles. The van der Waals surface area contributed by atoms with E-state index in [0.29, 0.717) is 12.2 Å². The van der Waals surface area contributed by atoms with Crippen LogP contribution in [0.4, 0.5) is 30.4 Å². The summed E-state index contributed by atoms with van der Waals surface area (Å²) in [7, 11) is 1.40. The number of ether oxygens (including phenoxy) is 1. The Morgan fingerprint density at radius 1 is 1.32 bits per heavy atom. The fourth-order valence-electron chi connectivity index (χ4n) is 4.25. The van der Waals surface area contributed by atoms with Crippen LogP contribution in [0, 0.1) is 0 Å². The van der Waals surface area contributed by atoms with Crippen LogP contribution < -0.4 is 20.7 Å². The van der Waals surface area contributed by atoms with Crippen molar-refractivity contribution in [2.24, 2.45) is 0 Å². The van der Waals surface area contributed by atoms with Gasteiger partial charge in [-0.25, -0.2) is 10.1 Å². The van der Waals surface area contributed by atoms with Crippen molar-refractivity contribution < 1.29 is 27.5 Å². The minimum Gasteiger partial charge on any atom is -0.379 e. The summed E-state index contributed by atoms with van der Waals surface area (Å²) >= 11 is 5.93. The van der Waals surface area contributed by atoms with E-state index in [2.05, 4.69) is 20.5 Å². The van der Waals surface area contributed by atoms with Gasteiger partial charge in [-0.3, -0.25) is 14.4 Å². The summed E-state index contributed by atoms with van der Waals surface area (Å²) in [6.45, 7) is 2.83. The van der Waals surface area contributed by atoms with Crippen molar-refractivity contribution in [3.63, 3.8) is 0 Å². The second-order valence-electron chi connectivity index (χ2n) is 8.81. The predicted molar refractivity (Wildman–Crippen MR) is 129 cm³/mol. The van der Waals surface area contributed by atoms with E-state index in [4.69, 9.17) is 16.3 Å². The molecular weight excluding hydrogens is 519 g/mol. The molecule has 2 N–H and O–H groups in total. The van der Waals surface area contributed by atoms with Gasteiger partial charge in [0.15, 0.2) is 5.82 Å². The van der Waals surface area contributed by atoms with E-state index in [9.17, 15) is 27.6 Å². The number of nitrogens with zero attached hydrogens (tertiary/aromatic N) is 5. The Morgan fingerprint density at radius 3 is 2.81 bits per heavy atom. The Kier molecular flexibility index (Phi) is 7.59. The van der Waals surface area contributed by atoms with Crippen molar-refractivity contribution in [3.05, 3.63) is 39.4 Å². The van der Waals surface area contributed by atoms with E-state index in [1.165, 1.54) is 13.2 Å². The molecule has 15 heteroatoms. The summed E-state index contributed by atoms with van der Waals surface area (Å²) < 4.78 is 44.9. The van der Waals surface area contributed by atoms with Crippen LogP contribution >= 0.6 is 11.6 Å². The minimum absolute atomic E-state index is 0.0160. The van der Waals surface area contributed by atoms with Gasteiger partial charge in [0.25, 0.3) is 11.5 Å². The molecule has 0 radical (unpaired) electrons. The first-order chi connectivity index (χ1) is 17.5. The van der Waals surface area contributed by atoms with Crippen molar-refractivity contribution in [2.75, 3.05) is 55.0 Å². The third-order valence-electron chi connectivity index (χ3n) is 6.18. The van der Waals surface area contributed by atoms with Gasteiger partial charge < -0.3 is 24.8 Å². The Morgan fingerprint density at radius 2 is 2.08 bits per heavy atom. The third-order valence-corrected chi connectivity index (χ3v) is 6.56. The molecule has 37 heavy (non-hydrogen) atoms. The second-order valence-corrected chi connectivity index (χ2v) is 9.19. The predicted octanol–water partition coefficient (Wildman–Crippen LogP) is 1.74. The highest BCUT2D eigenvalue weighted by Crippen LogP contribution is 2.39. The van der Waals surface area contributed by atoms with Crippen LogP contribution in [0.3, 0.4) is 0 Å². The molecule has 0 saturated carbocycles. The van der Waals surface area contributed by atoms with Crippen molar-refractivity contribution in [3.8, 4) is 0 Å². The quantitative estimate of drug-likeness (QED) is 0.506. The SMILES string of the molecule is C[C@@H](COCCC(=O)N1CCN2c3ncc(C(F)(F)F)cc3N(C)C(=O)[C@H]2C1)Nc1cn[nH]c(=O)c1Cl. The molecule has 0 bridgehead atoms. The summed E-state index contributed by atoms with van der Waals surface area (Å²) in [4.78, 5) is 45.6. The molecular formula is C22H25ClF3N7O4. The molecule has 0 spiro atoms. The number of rotatable bonds is 7. The van der Waals surface area contributed by atoms with Crippen LogP contribution in [0.25, 0.3) is 0 Å². The molecule has 0 unspecified atom stereocenters. The maximum atomic E-state index is 13.1. The van der Waals surface area contributed by atoms with E-state index in [0.717, 1.165) is 17.2 Å². The number of fused-ring (bicyclic) bond motifs is 3. The number of hydrogen-bond acceptors (Lipinski definition) is 8. The first kappa shape index (κ1) is 26.7. The molecule has 0 aromatic carbocycles. The Balaban J connectivity index is 1.30. The number of pyridine rings is 1. The number of H-pyrrole nitrogens is 1. The van der Waals surface area contributed by atoms with Gasteiger partial charge in [0.1, 0.15) is 11.1 Å². The fourth-order valence-corrected chi connectivity index (χ4v) is 4.40. The summed E-state index contributed by atoms with van der Waals surface area (Å²) in [5.41, 5.74) is -0.995. The summed E-state index contributed by atoms with van der Waals surface area (Å²) in [6.07, 6.45) is -2.35. The topological polar surface area (TPSA) is 124 Å². The minimum atomic E-state index is -4.57. The highest BCUT2D eigenvalue weighted by atomic mass is 35.5. The molecule has 11 nitrogen and oxygen atoms in total. The molecule has 4 rings (SSSR count). The molecule has 2 aromatic rings. The van der Waals surface area contributed by atoms with Crippen molar-refractivity contribution in [2.45, 2.75) is 31.6 Å². The number of alkyl halides is 3. The van der Waals surface area contributed by atoms with Gasteiger partial charge in [-0.15, -0.1) is 0 Å². The molecule has 1 fully saturated rings. The monoisotopic (exact) mass is 543 g/mol. The number of anilines is 3. The second kappa shape index (κ2) is 10.5. The van der Waals surface area contributed by atoms with Crippen LogP contribution in [0.15, 0.2) is 23.3 Å². The Hall–Kier alpha value is -3.39. The molecule has 2 aliphatic rings. The number of likely N-dealkylation sites (N-methyl/N-ethyl adjacent to an activating group) is 1. The van der Waals surface area contributed by atoms with Crippen LogP contribution in [0.1, 0.15) is 18.9 Å². The van der Waals surface area contributed by atoms with E-state index in [-0.39, 0.29) is 61.2 Å².